The first kappa shape index (κ1) is 9.76. The van der Waals surface area contributed by atoms with Crippen LogP contribution in [0.5, 0.6) is 0 Å². The van der Waals surface area contributed by atoms with Gasteiger partial charge in [0.1, 0.15) is 0 Å². The third-order valence-electron chi connectivity index (χ3n) is 2.18. The molecule has 0 unspecified atom stereocenters. The van der Waals surface area contributed by atoms with Gasteiger partial charge in [0.15, 0.2) is 5.69 Å². The van der Waals surface area contributed by atoms with Crippen molar-refractivity contribution < 1.29 is 4.74 Å². The molecule has 0 heterocycles. The molecule has 0 radical (unpaired) electrons. The van der Waals surface area contributed by atoms with Crippen LogP contribution in [-0.4, -0.2) is 7.11 Å². The Balaban J connectivity index is 3.10. The zero-order chi connectivity index (χ0) is 9.90. The van der Waals surface area contributed by atoms with Gasteiger partial charge in [0, 0.05) is 7.11 Å². The molecule has 0 atom stereocenters. The minimum Gasteiger partial charge on any atom is -0.374 e. The number of ether oxygens (including phenoxy) is 1. The number of hydrogen-bond donors (Lipinski definition) is 0. The van der Waals surface area contributed by atoms with Crippen molar-refractivity contribution in [3.63, 3.8) is 0 Å². The quantitative estimate of drug-likeness (QED) is 0.629. The molecule has 0 aromatic heterocycles. The van der Waals surface area contributed by atoms with Gasteiger partial charge in [-0.1, -0.05) is 24.3 Å². The largest absolute Gasteiger partial charge is 0.374 e. The predicted molar refractivity (Wildman–Crippen MR) is 52.7 cm³/mol. The molecule has 0 aliphatic carbocycles. The fraction of sp³-hybridized carbons (Fsp3) is 0.364. The maximum Gasteiger partial charge on any atom is 0.187 e. The third-order valence-corrected chi connectivity index (χ3v) is 2.18. The minimum atomic E-state index is -0.319. The predicted octanol–water partition coefficient (Wildman–Crippen LogP) is 3.12. The summed E-state index contributed by atoms with van der Waals surface area (Å²) in [7, 11) is 1.67. The first-order valence-electron chi connectivity index (χ1n) is 4.13. The van der Waals surface area contributed by atoms with E-state index in [1.54, 1.807) is 13.2 Å². The molecule has 1 aromatic rings. The molecule has 0 aliphatic heterocycles. The Morgan fingerprint density at radius 2 is 2.08 bits per heavy atom. The fourth-order valence-electron chi connectivity index (χ4n) is 1.07. The Kier molecular flexibility index (Phi) is 2.69. The van der Waals surface area contributed by atoms with Gasteiger partial charge in [-0.2, -0.15) is 0 Å². The van der Waals surface area contributed by atoms with Crippen LogP contribution in [-0.2, 0) is 10.3 Å². The zero-order valence-corrected chi connectivity index (χ0v) is 8.16. The average molecular weight is 175 g/mol. The number of nitrogens with zero attached hydrogens (tertiary/aromatic N) is 1. The number of hydrogen-bond acceptors (Lipinski definition) is 1. The van der Waals surface area contributed by atoms with Crippen LogP contribution in [0.4, 0.5) is 5.69 Å². The van der Waals surface area contributed by atoms with Crippen molar-refractivity contribution in [3.8, 4) is 0 Å². The van der Waals surface area contributed by atoms with Gasteiger partial charge in [-0.25, -0.2) is 4.85 Å². The lowest BCUT2D eigenvalue weighted by molar-refractivity contribution is 0.0193. The van der Waals surface area contributed by atoms with Crippen LogP contribution >= 0.6 is 0 Å². The summed E-state index contributed by atoms with van der Waals surface area (Å²) in [6, 6.07) is 7.50. The lowest BCUT2D eigenvalue weighted by Gasteiger charge is -2.23. The van der Waals surface area contributed by atoms with Crippen LogP contribution < -0.4 is 0 Å². The standard InChI is InChI=1S/C11H13NO/c1-11(2,13-4)9-6-5-7-10(8-9)12-3/h5-8H,1-2,4H3. The van der Waals surface area contributed by atoms with Crippen molar-refractivity contribution in [1.82, 2.24) is 0 Å². The highest BCUT2D eigenvalue weighted by molar-refractivity contribution is 5.47. The SMILES string of the molecule is [C-]#[N+]c1cccc(C(C)(C)OC)c1. The molecule has 2 heteroatoms. The second-order valence-corrected chi connectivity index (χ2v) is 3.38. The first-order valence-corrected chi connectivity index (χ1v) is 4.13. The highest BCUT2D eigenvalue weighted by atomic mass is 16.5. The summed E-state index contributed by atoms with van der Waals surface area (Å²) in [5.74, 6) is 0. The zero-order valence-electron chi connectivity index (χ0n) is 8.16. The molecule has 0 N–H and O–H groups in total. The number of benzene rings is 1. The summed E-state index contributed by atoms with van der Waals surface area (Å²) in [5, 5.41) is 0. The van der Waals surface area contributed by atoms with Crippen LogP contribution in [0, 0.1) is 6.57 Å². The Hall–Kier alpha value is -1.33. The third kappa shape index (κ3) is 2.07. The summed E-state index contributed by atoms with van der Waals surface area (Å²) >= 11 is 0. The van der Waals surface area contributed by atoms with Crippen molar-refractivity contribution in [2.75, 3.05) is 7.11 Å². The van der Waals surface area contributed by atoms with Gasteiger partial charge in [-0.15, -0.1) is 0 Å². The van der Waals surface area contributed by atoms with E-state index < -0.39 is 0 Å². The van der Waals surface area contributed by atoms with E-state index in [2.05, 4.69) is 4.85 Å². The molecular formula is C11H13NO. The lowest BCUT2D eigenvalue weighted by Crippen LogP contribution is -2.18. The molecule has 1 aromatic carbocycles. The first-order chi connectivity index (χ1) is 6.10. The Morgan fingerprint density at radius 1 is 1.38 bits per heavy atom. The summed E-state index contributed by atoms with van der Waals surface area (Å²) < 4.78 is 5.32. The van der Waals surface area contributed by atoms with E-state index in [-0.39, 0.29) is 5.60 Å². The maximum atomic E-state index is 6.89. The van der Waals surface area contributed by atoms with Crippen LogP contribution in [0.2, 0.25) is 0 Å². The van der Waals surface area contributed by atoms with E-state index in [0.717, 1.165) is 5.56 Å². The summed E-state index contributed by atoms with van der Waals surface area (Å²) in [4.78, 5) is 3.37. The molecule has 68 valence electrons. The van der Waals surface area contributed by atoms with Gasteiger partial charge in [0.25, 0.3) is 0 Å². The normalized spacial score (nSPS) is 10.9. The van der Waals surface area contributed by atoms with Gasteiger partial charge >= 0.3 is 0 Å². The Labute approximate surface area is 79.0 Å². The van der Waals surface area contributed by atoms with Crippen LogP contribution in [0.15, 0.2) is 24.3 Å². The molecular weight excluding hydrogens is 162 g/mol. The molecule has 0 fully saturated rings. The van der Waals surface area contributed by atoms with Gasteiger partial charge in [-0.05, 0) is 19.4 Å². The van der Waals surface area contributed by atoms with E-state index in [0.29, 0.717) is 5.69 Å². The van der Waals surface area contributed by atoms with E-state index in [1.165, 1.54) is 0 Å². The fourth-order valence-corrected chi connectivity index (χ4v) is 1.07. The molecule has 13 heavy (non-hydrogen) atoms. The van der Waals surface area contributed by atoms with E-state index in [4.69, 9.17) is 11.3 Å². The second kappa shape index (κ2) is 3.59. The molecule has 0 amide bonds. The van der Waals surface area contributed by atoms with Crippen LogP contribution in [0.3, 0.4) is 0 Å². The van der Waals surface area contributed by atoms with Gasteiger partial charge in [0.2, 0.25) is 0 Å². The Morgan fingerprint density at radius 3 is 2.62 bits per heavy atom. The van der Waals surface area contributed by atoms with Crippen molar-refractivity contribution in [2.45, 2.75) is 19.4 Å². The van der Waals surface area contributed by atoms with Crippen molar-refractivity contribution in [3.05, 3.63) is 41.2 Å². The molecule has 2 nitrogen and oxygen atoms in total. The molecule has 0 bridgehead atoms. The van der Waals surface area contributed by atoms with E-state index in [9.17, 15) is 0 Å². The van der Waals surface area contributed by atoms with Crippen molar-refractivity contribution in [1.29, 1.82) is 0 Å². The second-order valence-electron chi connectivity index (χ2n) is 3.38. The lowest BCUT2D eigenvalue weighted by atomic mass is 9.98. The van der Waals surface area contributed by atoms with Gasteiger partial charge < -0.3 is 4.74 Å². The summed E-state index contributed by atoms with van der Waals surface area (Å²) in [5.41, 5.74) is 1.37. The van der Waals surface area contributed by atoms with Crippen LogP contribution in [0.1, 0.15) is 19.4 Å². The molecule has 0 spiro atoms. The molecule has 0 saturated carbocycles. The number of methoxy groups -OCH3 is 1. The van der Waals surface area contributed by atoms with Crippen molar-refractivity contribution >= 4 is 5.69 Å². The topological polar surface area (TPSA) is 13.6 Å². The highest BCUT2D eigenvalue weighted by Crippen LogP contribution is 2.26. The van der Waals surface area contributed by atoms with E-state index >= 15 is 0 Å². The monoisotopic (exact) mass is 175 g/mol. The number of rotatable bonds is 2. The molecule has 1 rings (SSSR count). The van der Waals surface area contributed by atoms with E-state index in [1.807, 2.05) is 32.0 Å². The summed E-state index contributed by atoms with van der Waals surface area (Å²) in [6.07, 6.45) is 0. The molecule has 0 saturated heterocycles. The smallest absolute Gasteiger partial charge is 0.187 e. The molecule has 0 aliphatic rings. The summed E-state index contributed by atoms with van der Waals surface area (Å²) in [6.45, 7) is 10.9. The van der Waals surface area contributed by atoms with Gasteiger partial charge in [0.05, 0.1) is 12.2 Å². The minimum absolute atomic E-state index is 0.319. The van der Waals surface area contributed by atoms with Crippen molar-refractivity contribution in [2.24, 2.45) is 0 Å². The maximum absolute atomic E-state index is 6.89. The van der Waals surface area contributed by atoms with Gasteiger partial charge in [-0.3, -0.25) is 0 Å². The Bertz CT molecular complexity index is 336. The van der Waals surface area contributed by atoms with Crippen LogP contribution in [0.25, 0.3) is 4.85 Å². The average Bonchev–Trinajstić information content (AvgIpc) is 2.18. The highest BCUT2D eigenvalue weighted by Gasteiger charge is 2.18.